The van der Waals surface area contributed by atoms with E-state index in [4.69, 9.17) is 4.74 Å². The summed E-state index contributed by atoms with van der Waals surface area (Å²) in [5.74, 6) is -0.142. The number of nitrogens with one attached hydrogen (secondary N) is 1. The molecule has 0 saturated carbocycles. The van der Waals surface area contributed by atoms with Gasteiger partial charge in [-0.2, -0.15) is 0 Å². The van der Waals surface area contributed by atoms with Gasteiger partial charge in [0.25, 0.3) is 0 Å². The van der Waals surface area contributed by atoms with Crippen LogP contribution in [0.5, 0.6) is 0 Å². The summed E-state index contributed by atoms with van der Waals surface area (Å²) in [6.45, 7) is 4.31. The second-order valence-corrected chi connectivity index (χ2v) is 8.17. The van der Waals surface area contributed by atoms with Crippen molar-refractivity contribution >= 4 is 34.4 Å². The smallest absolute Gasteiger partial charge is 0.365 e. The summed E-state index contributed by atoms with van der Waals surface area (Å²) in [5, 5.41) is 4.99. The maximum absolute atomic E-state index is 12.6. The molecule has 33 heavy (non-hydrogen) atoms. The molecular weight excluding hydrogens is 416 g/mol. The van der Waals surface area contributed by atoms with E-state index in [-0.39, 0.29) is 11.7 Å². The monoisotopic (exact) mass is 440 g/mol. The van der Waals surface area contributed by atoms with Crippen molar-refractivity contribution in [3.05, 3.63) is 89.8 Å². The van der Waals surface area contributed by atoms with E-state index in [0.717, 1.165) is 27.6 Å². The van der Waals surface area contributed by atoms with Gasteiger partial charge in [0.1, 0.15) is 0 Å². The maximum Gasteiger partial charge on any atom is 0.365 e. The molecule has 1 N–H and O–H groups in total. The fourth-order valence-electron chi connectivity index (χ4n) is 4.08. The van der Waals surface area contributed by atoms with Gasteiger partial charge in [0.15, 0.2) is 5.70 Å². The summed E-state index contributed by atoms with van der Waals surface area (Å²) >= 11 is 0. The molecule has 0 bridgehead atoms. The van der Waals surface area contributed by atoms with E-state index < -0.39 is 5.97 Å². The Hall–Kier alpha value is -4.13. The number of anilines is 1. The van der Waals surface area contributed by atoms with Gasteiger partial charge in [-0.15, -0.1) is 0 Å². The molecule has 1 saturated heterocycles. The van der Waals surface area contributed by atoms with Crippen LogP contribution in [0.3, 0.4) is 0 Å². The quantitative estimate of drug-likeness (QED) is 0.491. The number of hydrogen-bond acceptors (Lipinski definition) is 5. The van der Waals surface area contributed by atoms with Gasteiger partial charge in [-0.05, 0) is 41.5 Å². The minimum absolute atomic E-state index is 0.121. The lowest BCUT2D eigenvalue weighted by Crippen LogP contribution is -2.48. The fraction of sp³-hybridized carbons (Fsp3) is 0.192. The van der Waals surface area contributed by atoms with Crippen molar-refractivity contribution in [2.75, 3.05) is 31.5 Å². The van der Waals surface area contributed by atoms with Gasteiger partial charge in [0, 0.05) is 43.6 Å². The van der Waals surface area contributed by atoms with Crippen molar-refractivity contribution in [2.24, 2.45) is 4.99 Å². The average molecular weight is 441 g/mol. The molecular formula is C26H24N4O3. The molecule has 3 aromatic rings. The summed E-state index contributed by atoms with van der Waals surface area (Å²) in [5.41, 5.74) is 2.95. The molecule has 2 aliphatic rings. The van der Waals surface area contributed by atoms with Crippen LogP contribution in [-0.2, 0) is 9.53 Å². The van der Waals surface area contributed by atoms with E-state index in [2.05, 4.69) is 10.3 Å². The number of urea groups is 1. The van der Waals surface area contributed by atoms with Crippen molar-refractivity contribution in [3.8, 4) is 0 Å². The number of rotatable bonds is 3. The van der Waals surface area contributed by atoms with Gasteiger partial charge in [-0.1, -0.05) is 48.5 Å². The predicted molar refractivity (Wildman–Crippen MR) is 128 cm³/mol. The van der Waals surface area contributed by atoms with Crippen LogP contribution >= 0.6 is 0 Å². The van der Waals surface area contributed by atoms with Crippen LogP contribution in [0.2, 0.25) is 0 Å². The number of aryl methyl sites for hydroxylation is 1. The normalized spacial score (nSPS) is 17.3. The van der Waals surface area contributed by atoms with Gasteiger partial charge in [0.05, 0.1) is 0 Å². The summed E-state index contributed by atoms with van der Waals surface area (Å²) < 4.78 is 5.49. The Morgan fingerprint density at radius 3 is 2.58 bits per heavy atom. The van der Waals surface area contributed by atoms with Crippen LogP contribution < -0.4 is 5.32 Å². The number of carbonyl (C=O) groups excluding carboxylic acids is 2. The summed E-state index contributed by atoms with van der Waals surface area (Å²) in [6.07, 6.45) is 1.73. The lowest BCUT2D eigenvalue weighted by Gasteiger charge is -2.34. The number of cyclic esters (lactones) is 1. The van der Waals surface area contributed by atoms with E-state index in [9.17, 15) is 9.59 Å². The van der Waals surface area contributed by atoms with Crippen LogP contribution in [0.25, 0.3) is 10.8 Å². The topological polar surface area (TPSA) is 74.2 Å². The molecule has 166 valence electrons. The maximum atomic E-state index is 12.6. The lowest BCUT2D eigenvalue weighted by molar-refractivity contribution is -0.130. The molecule has 1 fully saturated rings. The van der Waals surface area contributed by atoms with E-state index in [1.165, 1.54) is 0 Å². The van der Waals surface area contributed by atoms with Crippen molar-refractivity contribution in [1.82, 2.24) is 9.80 Å². The summed E-state index contributed by atoms with van der Waals surface area (Å²) in [4.78, 5) is 33.3. The highest BCUT2D eigenvalue weighted by Crippen LogP contribution is 2.24. The minimum atomic E-state index is -0.461. The zero-order chi connectivity index (χ0) is 22.8. The number of amides is 2. The molecule has 0 aromatic heterocycles. The Kier molecular flexibility index (Phi) is 5.52. The standard InChI is InChI=1S/C26H24N4O3/c1-18-6-4-9-20(16-18)27-26(32)30-14-12-29(13-15-30)17-23-25(31)33-24(28-23)22-11-5-8-19-7-2-3-10-21(19)22/h2-11,16-17H,12-15H2,1H3,(H,27,32). The molecule has 0 radical (unpaired) electrons. The Morgan fingerprint density at radius 2 is 1.76 bits per heavy atom. The molecule has 0 spiro atoms. The zero-order valence-corrected chi connectivity index (χ0v) is 18.3. The average Bonchev–Trinajstić information content (AvgIpc) is 3.19. The first-order valence-electron chi connectivity index (χ1n) is 10.9. The third-order valence-electron chi connectivity index (χ3n) is 5.82. The zero-order valence-electron chi connectivity index (χ0n) is 18.3. The molecule has 2 heterocycles. The predicted octanol–water partition coefficient (Wildman–Crippen LogP) is 4.14. The number of carbonyl (C=O) groups is 2. The van der Waals surface area contributed by atoms with Crippen LogP contribution in [0.1, 0.15) is 11.1 Å². The van der Waals surface area contributed by atoms with Gasteiger partial charge in [0.2, 0.25) is 5.90 Å². The molecule has 7 nitrogen and oxygen atoms in total. The second kappa shape index (κ2) is 8.78. The molecule has 2 aliphatic heterocycles. The first-order valence-corrected chi connectivity index (χ1v) is 10.9. The van der Waals surface area contributed by atoms with E-state index in [1.54, 1.807) is 11.1 Å². The fourth-order valence-corrected chi connectivity index (χ4v) is 4.08. The molecule has 7 heteroatoms. The lowest BCUT2D eigenvalue weighted by atomic mass is 10.0. The van der Waals surface area contributed by atoms with Crippen molar-refractivity contribution in [1.29, 1.82) is 0 Å². The second-order valence-electron chi connectivity index (χ2n) is 8.17. The number of hydrogen-bond donors (Lipinski definition) is 1. The number of nitrogens with zero attached hydrogens (tertiary/aromatic N) is 3. The molecule has 2 amide bonds. The Morgan fingerprint density at radius 1 is 1.00 bits per heavy atom. The highest BCUT2D eigenvalue weighted by Gasteiger charge is 2.27. The van der Waals surface area contributed by atoms with Gasteiger partial charge >= 0.3 is 12.0 Å². The van der Waals surface area contributed by atoms with Crippen LogP contribution in [0, 0.1) is 6.92 Å². The summed E-state index contributed by atoms with van der Waals surface area (Å²) in [6, 6.07) is 21.4. The highest BCUT2D eigenvalue weighted by atomic mass is 16.6. The number of benzene rings is 3. The highest BCUT2D eigenvalue weighted by molar-refractivity contribution is 6.16. The number of aliphatic imine (C=N–C) groups is 1. The van der Waals surface area contributed by atoms with Crippen LogP contribution in [0.15, 0.2) is 83.6 Å². The first kappa shape index (κ1) is 20.8. The number of piperazine rings is 1. The molecule has 3 aromatic carbocycles. The number of esters is 1. The van der Waals surface area contributed by atoms with Gasteiger partial charge in [-0.25, -0.2) is 14.6 Å². The van der Waals surface area contributed by atoms with E-state index >= 15 is 0 Å². The summed E-state index contributed by atoms with van der Waals surface area (Å²) in [7, 11) is 0. The van der Waals surface area contributed by atoms with Crippen molar-refractivity contribution in [2.45, 2.75) is 6.92 Å². The Bertz CT molecular complexity index is 1280. The molecule has 5 rings (SSSR count). The molecule has 0 unspecified atom stereocenters. The van der Waals surface area contributed by atoms with Gasteiger partial charge in [-0.3, -0.25) is 0 Å². The third kappa shape index (κ3) is 4.43. The van der Waals surface area contributed by atoms with Crippen molar-refractivity contribution < 1.29 is 14.3 Å². The SMILES string of the molecule is Cc1cccc(NC(=O)N2CCN(C=C3N=C(c4cccc5ccccc45)OC3=O)CC2)c1. The largest absolute Gasteiger partial charge is 0.402 e. The van der Waals surface area contributed by atoms with Gasteiger partial charge < -0.3 is 19.9 Å². The van der Waals surface area contributed by atoms with E-state index in [1.807, 2.05) is 78.6 Å². The molecule has 0 atom stereocenters. The molecule has 0 aliphatic carbocycles. The third-order valence-corrected chi connectivity index (χ3v) is 5.82. The first-order chi connectivity index (χ1) is 16.1. The Balaban J connectivity index is 1.25. The number of fused-ring (bicyclic) bond motifs is 1. The number of ether oxygens (including phenoxy) is 1. The van der Waals surface area contributed by atoms with E-state index in [0.29, 0.717) is 32.1 Å². The Labute approximate surface area is 192 Å². The minimum Gasteiger partial charge on any atom is -0.402 e. The van der Waals surface area contributed by atoms with Crippen LogP contribution in [0.4, 0.5) is 10.5 Å². The van der Waals surface area contributed by atoms with Crippen molar-refractivity contribution in [3.63, 3.8) is 0 Å². The van der Waals surface area contributed by atoms with Crippen LogP contribution in [-0.4, -0.2) is 53.9 Å².